The van der Waals surface area contributed by atoms with E-state index in [-0.39, 0.29) is 10.3 Å². The average molecular weight is 376 g/mol. The summed E-state index contributed by atoms with van der Waals surface area (Å²) in [6.07, 6.45) is 11.9. The summed E-state index contributed by atoms with van der Waals surface area (Å²) in [6, 6.07) is 13.2. The maximum atomic E-state index is 11.7. The molecular formula is C22H20N2O2S. The molecule has 1 heterocycles. The van der Waals surface area contributed by atoms with Gasteiger partial charge in [0.1, 0.15) is 0 Å². The molecule has 1 fully saturated rings. The van der Waals surface area contributed by atoms with E-state index in [0.717, 1.165) is 35.2 Å². The van der Waals surface area contributed by atoms with Gasteiger partial charge in [0.05, 0.1) is 22.2 Å². The molecule has 0 bridgehead atoms. The van der Waals surface area contributed by atoms with Crippen LogP contribution in [0.1, 0.15) is 42.5 Å². The summed E-state index contributed by atoms with van der Waals surface area (Å²) in [7, 11) is -3.27. The Morgan fingerprint density at radius 1 is 1.00 bits per heavy atom. The van der Waals surface area contributed by atoms with Crippen LogP contribution in [-0.2, 0) is 9.84 Å². The van der Waals surface area contributed by atoms with Gasteiger partial charge in [-0.3, -0.25) is 4.98 Å². The molecule has 1 aromatic heterocycles. The van der Waals surface area contributed by atoms with Crippen molar-refractivity contribution in [1.29, 1.82) is 5.26 Å². The number of benzene rings is 1. The summed E-state index contributed by atoms with van der Waals surface area (Å²) >= 11 is 0. The van der Waals surface area contributed by atoms with E-state index in [2.05, 4.69) is 23.2 Å². The molecule has 1 saturated carbocycles. The number of nitriles is 1. The summed E-state index contributed by atoms with van der Waals surface area (Å²) in [5.41, 5.74) is 4.69. The van der Waals surface area contributed by atoms with Crippen molar-refractivity contribution in [3.8, 4) is 6.07 Å². The number of allylic oxidation sites excluding steroid dienone is 4. The summed E-state index contributed by atoms with van der Waals surface area (Å²) < 4.78 is 23.4. The molecule has 0 unspecified atom stereocenters. The van der Waals surface area contributed by atoms with Crippen LogP contribution < -0.4 is 0 Å². The summed E-state index contributed by atoms with van der Waals surface area (Å²) in [6.45, 7) is 0. The lowest BCUT2D eigenvalue weighted by Gasteiger charge is -2.16. The smallest absolute Gasteiger partial charge is 0.177 e. The van der Waals surface area contributed by atoms with E-state index in [9.17, 15) is 8.42 Å². The Morgan fingerprint density at radius 3 is 2.22 bits per heavy atom. The predicted molar refractivity (Wildman–Crippen MR) is 105 cm³/mol. The highest BCUT2D eigenvalue weighted by molar-refractivity contribution is 7.90. The third kappa shape index (κ3) is 3.33. The molecule has 27 heavy (non-hydrogen) atoms. The van der Waals surface area contributed by atoms with Crippen LogP contribution in [0.2, 0.25) is 0 Å². The molecule has 5 heteroatoms. The van der Waals surface area contributed by atoms with E-state index in [0.29, 0.717) is 5.56 Å². The van der Waals surface area contributed by atoms with E-state index < -0.39 is 9.84 Å². The van der Waals surface area contributed by atoms with Crippen LogP contribution in [0, 0.1) is 16.7 Å². The highest BCUT2D eigenvalue weighted by atomic mass is 32.2. The third-order valence-electron chi connectivity index (χ3n) is 5.45. The number of nitrogens with zero attached hydrogens (tertiary/aromatic N) is 2. The van der Waals surface area contributed by atoms with Gasteiger partial charge in [0.15, 0.2) is 9.84 Å². The minimum Gasteiger partial charge on any atom is -0.255 e. The molecule has 2 aliphatic carbocycles. The average Bonchev–Trinajstić information content (AvgIpc) is 3.28. The highest BCUT2D eigenvalue weighted by Crippen LogP contribution is 2.51. The van der Waals surface area contributed by atoms with Crippen molar-refractivity contribution in [3.63, 3.8) is 0 Å². The molecule has 1 spiro atoms. The molecule has 4 nitrogen and oxygen atoms in total. The van der Waals surface area contributed by atoms with Crippen LogP contribution in [-0.4, -0.2) is 19.7 Å². The van der Waals surface area contributed by atoms with Crippen LogP contribution in [0.25, 0.3) is 11.1 Å². The van der Waals surface area contributed by atoms with Gasteiger partial charge in [-0.15, -0.1) is 0 Å². The lowest BCUT2D eigenvalue weighted by molar-refractivity contribution is 0.523. The van der Waals surface area contributed by atoms with Gasteiger partial charge in [0.25, 0.3) is 0 Å². The van der Waals surface area contributed by atoms with E-state index in [1.807, 2.05) is 24.3 Å². The Kier molecular flexibility index (Phi) is 4.24. The molecule has 136 valence electrons. The molecule has 0 atom stereocenters. The predicted octanol–water partition coefficient (Wildman–Crippen LogP) is 4.40. The van der Waals surface area contributed by atoms with Gasteiger partial charge in [0.2, 0.25) is 0 Å². The minimum atomic E-state index is -3.27. The fraction of sp³-hybridized carbons (Fsp3) is 0.273. The number of pyridine rings is 1. The van der Waals surface area contributed by atoms with Crippen LogP contribution >= 0.6 is 0 Å². The van der Waals surface area contributed by atoms with Gasteiger partial charge in [-0.05, 0) is 48.2 Å². The van der Waals surface area contributed by atoms with Crippen molar-refractivity contribution < 1.29 is 8.42 Å². The first kappa shape index (κ1) is 17.7. The zero-order valence-electron chi connectivity index (χ0n) is 15.1. The van der Waals surface area contributed by atoms with Gasteiger partial charge in [-0.2, -0.15) is 5.26 Å². The molecule has 0 aliphatic heterocycles. The fourth-order valence-electron chi connectivity index (χ4n) is 4.03. The second kappa shape index (κ2) is 6.47. The van der Waals surface area contributed by atoms with Gasteiger partial charge >= 0.3 is 0 Å². The SMILES string of the molecule is CS(=O)(=O)c1ccc(C2=CC3(C=C2c2ccc(C#N)cc2)CCCC3)nc1. The Balaban J connectivity index is 1.78. The van der Waals surface area contributed by atoms with Crippen molar-refractivity contribution >= 4 is 21.0 Å². The van der Waals surface area contributed by atoms with Gasteiger partial charge < -0.3 is 0 Å². The number of rotatable bonds is 3. The Labute approximate surface area is 159 Å². The van der Waals surface area contributed by atoms with Crippen molar-refractivity contribution in [3.05, 3.63) is 71.6 Å². The normalized spacial score (nSPS) is 18.2. The van der Waals surface area contributed by atoms with Gasteiger partial charge in [0, 0.05) is 23.4 Å². The summed E-state index contributed by atoms with van der Waals surface area (Å²) in [4.78, 5) is 4.68. The van der Waals surface area contributed by atoms with Crippen molar-refractivity contribution in [2.24, 2.45) is 5.41 Å². The quantitative estimate of drug-likeness (QED) is 0.796. The number of aromatic nitrogens is 1. The van der Waals surface area contributed by atoms with Gasteiger partial charge in [-0.25, -0.2) is 8.42 Å². The molecule has 0 amide bonds. The van der Waals surface area contributed by atoms with Crippen LogP contribution in [0.5, 0.6) is 0 Å². The lowest BCUT2D eigenvalue weighted by Crippen LogP contribution is -2.05. The van der Waals surface area contributed by atoms with Crippen LogP contribution in [0.3, 0.4) is 0 Å². The summed E-state index contributed by atoms with van der Waals surface area (Å²) in [5, 5.41) is 9.05. The van der Waals surface area contributed by atoms with Crippen LogP contribution in [0.15, 0.2) is 59.6 Å². The molecule has 4 rings (SSSR count). The van der Waals surface area contributed by atoms with E-state index >= 15 is 0 Å². The zero-order valence-corrected chi connectivity index (χ0v) is 16.0. The first-order chi connectivity index (χ1) is 12.9. The van der Waals surface area contributed by atoms with Crippen molar-refractivity contribution in [2.75, 3.05) is 6.26 Å². The molecule has 0 saturated heterocycles. The second-order valence-electron chi connectivity index (χ2n) is 7.40. The molecule has 1 aromatic carbocycles. The Morgan fingerprint density at radius 2 is 1.67 bits per heavy atom. The van der Waals surface area contributed by atoms with E-state index in [1.165, 1.54) is 25.3 Å². The minimum absolute atomic E-state index is 0.0652. The number of sulfone groups is 1. The lowest BCUT2D eigenvalue weighted by atomic mass is 9.88. The molecule has 2 aromatic rings. The first-order valence-corrected chi connectivity index (χ1v) is 10.9. The second-order valence-corrected chi connectivity index (χ2v) is 9.41. The first-order valence-electron chi connectivity index (χ1n) is 9.03. The fourth-order valence-corrected chi connectivity index (χ4v) is 4.59. The third-order valence-corrected chi connectivity index (χ3v) is 6.55. The van der Waals surface area contributed by atoms with Gasteiger partial charge in [-0.1, -0.05) is 37.1 Å². The maximum Gasteiger partial charge on any atom is 0.177 e. The van der Waals surface area contributed by atoms with Crippen LogP contribution in [0.4, 0.5) is 0 Å². The zero-order chi connectivity index (χ0) is 19.1. The van der Waals surface area contributed by atoms with E-state index in [1.54, 1.807) is 12.1 Å². The topological polar surface area (TPSA) is 70.8 Å². The molecular weight excluding hydrogens is 356 g/mol. The number of hydrogen-bond donors (Lipinski definition) is 0. The van der Waals surface area contributed by atoms with Crippen molar-refractivity contribution in [1.82, 2.24) is 4.98 Å². The monoisotopic (exact) mass is 376 g/mol. The Bertz CT molecular complexity index is 1080. The molecule has 2 aliphatic rings. The summed E-state index contributed by atoms with van der Waals surface area (Å²) in [5.74, 6) is 0. The molecule has 0 radical (unpaired) electrons. The standard InChI is InChI=1S/C22H20N2O2S/c1-27(25,26)18-8-9-21(24-15-18)20-13-22(10-2-3-11-22)12-19(20)17-6-4-16(14-23)5-7-17/h4-9,12-13,15H,2-3,10-11H2,1H3. The highest BCUT2D eigenvalue weighted by Gasteiger charge is 2.36. The van der Waals surface area contributed by atoms with Crippen molar-refractivity contribution in [2.45, 2.75) is 30.6 Å². The largest absolute Gasteiger partial charge is 0.255 e. The number of hydrogen-bond acceptors (Lipinski definition) is 4. The Hall–Kier alpha value is -2.71. The molecule has 0 N–H and O–H groups in total. The maximum absolute atomic E-state index is 11.7. The van der Waals surface area contributed by atoms with E-state index in [4.69, 9.17) is 5.26 Å².